The zero-order chi connectivity index (χ0) is 15.9. The topological polar surface area (TPSA) is 15.3 Å². The van der Waals surface area contributed by atoms with E-state index in [1.54, 1.807) is 11.8 Å². The summed E-state index contributed by atoms with van der Waals surface area (Å²) in [6, 6.07) is 0.828. The Bertz CT molecular complexity index is 492. The predicted octanol–water partition coefficient (Wildman–Crippen LogP) is 4.56. The molecule has 1 atom stereocenters. The molecule has 1 fully saturated rings. The van der Waals surface area contributed by atoms with Gasteiger partial charge in [-0.1, -0.05) is 56.4 Å². The van der Waals surface area contributed by atoms with E-state index in [9.17, 15) is 0 Å². The maximum Gasteiger partial charge on any atom is 0.0199 e. The van der Waals surface area contributed by atoms with E-state index in [4.69, 9.17) is 0 Å². The van der Waals surface area contributed by atoms with Crippen LogP contribution in [-0.2, 0) is 0 Å². The lowest BCUT2D eigenvalue weighted by molar-refractivity contribution is 0.120. The lowest BCUT2D eigenvalue weighted by Crippen LogP contribution is -2.45. The molecule has 0 radical (unpaired) electrons. The van der Waals surface area contributed by atoms with Crippen LogP contribution in [0.25, 0.3) is 0 Å². The molecule has 1 saturated carbocycles. The van der Waals surface area contributed by atoms with E-state index in [1.165, 1.54) is 37.1 Å². The maximum atomic E-state index is 3.78. The maximum absolute atomic E-state index is 3.78. The van der Waals surface area contributed by atoms with Crippen molar-refractivity contribution in [3.05, 3.63) is 60.5 Å². The second kappa shape index (κ2) is 8.19. The SMILES string of the molecule is C=C/C=C\C(CC1=CC(C)CN(C2CCC2)C1)=C(/C)NC=C. The van der Waals surface area contributed by atoms with Gasteiger partial charge in [-0.25, -0.2) is 0 Å². The molecular weight excluding hydrogens is 268 g/mol. The minimum absolute atomic E-state index is 0.654. The van der Waals surface area contributed by atoms with Gasteiger partial charge in [-0.05, 0) is 43.9 Å². The van der Waals surface area contributed by atoms with Crippen molar-refractivity contribution >= 4 is 0 Å². The Labute approximate surface area is 136 Å². The van der Waals surface area contributed by atoms with E-state index in [0.717, 1.165) is 19.0 Å². The summed E-state index contributed by atoms with van der Waals surface area (Å²) in [5, 5.41) is 3.23. The summed E-state index contributed by atoms with van der Waals surface area (Å²) in [7, 11) is 0. The minimum atomic E-state index is 0.654. The fourth-order valence-electron chi connectivity index (χ4n) is 3.34. The second-order valence-corrected chi connectivity index (χ2v) is 6.59. The number of hydrogen-bond donors (Lipinski definition) is 1. The van der Waals surface area contributed by atoms with Crippen molar-refractivity contribution in [2.45, 2.75) is 45.6 Å². The quantitative estimate of drug-likeness (QED) is 0.547. The van der Waals surface area contributed by atoms with Gasteiger partial charge in [-0.2, -0.15) is 0 Å². The van der Waals surface area contributed by atoms with Gasteiger partial charge in [0.2, 0.25) is 0 Å². The smallest absolute Gasteiger partial charge is 0.0199 e. The summed E-state index contributed by atoms with van der Waals surface area (Å²) >= 11 is 0. The Morgan fingerprint density at radius 3 is 2.77 bits per heavy atom. The lowest BCUT2D eigenvalue weighted by atomic mass is 9.87. The van der Waals surface area contributed by atoms with Crippen molar-refractivity contribution in [1.82, 2.24) is 10.2 Å². The van der Waals surface area contributed by atoms with E-state index in [1.807, 2.05) is 12.2 Å². The number of hydrogen-bond acceptors (Lipinski definition) is 2. The van der Waals surface area contributed by atoms with Crippen LogP contribution in [-0.4, -0.2) is 24.0 Å². The van der Waals surface area contributed by atoms with Crippen LogP contribution in [0.2, 0.25) is 0 Å². The first-order valence-corrected chi connectivity index (χ1v) is 8.44. The van der Waals surface area contributed by atoms with Crippen molar-refractivity contribution in [3.8, 4) is 0 Å². The molecule has 2 aliphatic rings. The monoisotopic (exact) mass is 298 g/mol. The van der Waals surface area contributed by atoms with Gasteiger partial charge in [0.25, 0.3) is 0 Å². The molecule has 0 aromatic rings. The molecule has 2 nitrogen and oxygen atoms in total. The van der Waals surface area contributed by atoms with Crippen molar-refractivity contribution in [2.24, 2.45) is 5.92 Å². The van der Waals surface area contributed by atoms with Gasteiger partial charge in [0, 0.05) is 24.8 Å². The van der Waals surface area contributed by atoms with Crippen LogP contribution in [0.5, 0.6) is 0 Å². The molecule has 0 bridgehead atoms. The highest BCUT2D eigenvalue weighted by Gasteiger charge is 2.28. The summed E-state index contributed by atoms with van der Waals surface area (Å²) in [5.74, 6) is 0.654. The molecule has 0 aromatic carbocycles. The Morgan fingerprint density at radius 2 is 2.18 bits per heavy atom. The number of rotatable bonds is 7. The van der Waals surface area contributed by atoms with Crippen LogP contribution in [0.15, 0.2) is 60.5 Å². The zero-order valence-corrected chi connectivity index (χ0v) is 14.1. The Kier molecular flexibility index (Phi) is 6.26. The first-order chi connectivity index (χ1) is 10.6. The number of nitrogens with one attached hydrogen (secondary N) is 1. The molecule has 0 aromatic heterocycles. The molecule has 1 N–H and O–H groups in total. The molecule has 1 aliphatic heterocycles. The van der Waals surface area contributed by atoms with Crippen molar-refractivity contribution in [2.75, 3.05) is 13.1 Å². The van der Waals surface area contributed by atoms with Gasteiger partial charge in [-0.15, -0.1) is 0 Å². The van der Waals surface area contributed by atoms with E-state index < -0.39 is 0 Å². The highest BCUT2D eigenvalue weighted by atomic mass is 15.2. The molecule has 1 heterocycles. The van der Waals surface area contributed by atoms with Gasteiger partial charge in [0.05, 0.1) is 0 Å². The van der Waals surface area contributed by atoms with E-state index in [2.05, 4.69) is 49.4 Å². The third kappa shape index (κ3) is 4.48. The van der Waals surface area contributed by atoms with E-state index in [-0.39, 0.29) is 0 Å². The van der Waals surface area contributed by atoms with Crippen LogP contribution in [0.1, 0.15) is 39.5 Å². The van der Waals surface area contributed by atoms with E-state index in [0.29, 0.717) is 5.92 Å². The average molecular weight is 298 g/mol. The van der Waals surface area contributed by atoms with Crippen molar-refractivity contribution in [3.63, 3.8) is 0 Å². The molecule has 120 valence electrons. The zero-order valence-electron chi connectivity index (χ0n) is 14.1. The fourth-order valence-corrected chi connectivity index (χ4v) is 3.34. The Hall–Kier alpha value is -1.54. The fraction of sp³-hybridized carbons (Fsp3) is 0.500. The number of nitrogens with zero attached hydrogens (tertiary/aromatic N) is 1. The standard InChI is InChI=1S/C20H30N2/c1-5-7-9-19(17(4)21-6-2)13-18-12-16(3)14-22(15-18)20-10-8-11-20/h5-7,9,12,16,20-21H,1-2,8,10-11,13-15H2,3-4H3/b9-7-,19-17-. The minimum Gasteiger partial charge on any atom is -0.366 e. The van der Waals surface area contributed by atoms with Crippen molar-refractivity contribution in [1.29, 1.82) is 0 Å². The van der Waals surface area contributed by atoms with Gasteiger partial charge >= 0.3 is 0 Å². The van der Waals surface area contributed by atoms with Gasteiger partial charge in [0.15, 0.2) is 0 Å². The van der Waals surface area contributed by atoms with Crippen LogP contribution in [0, 0.1) is 5.92 Å². The molecule has 0 saturated heterocycles. The summed E-state index contributed by atoms with van der Waals surface area (Å²) in [4.78, 5) is 2.69. The molecular formula is C20H30N2. The first-order valence-electron chi connectivity index (χ1n) is 8.44. The van der Waals surface area contributed by atoms with Crippen molar-refractivity contribution < 1.29 is 0 Å². The summed E-state index contributed by atoms with van der Waals surface area (Å²) in [5.41, 5.74) is 4.02. The Morgan fingerprint density at radius 1 is 1.41 bits per heavy atom. The molecule has 2 heteroatoms. The summed E-state index contributed by atoms with van der Waals surface area (Å²) in [6.07, 6.45) is 15.4. The summed E-state index contributed by atoms with van der Waals surface area (Å²) in [6.45, 7) is 14.3. The van der Waals surface area contributed by atoms with E-state index >= 15 is 0 Å². The van der Waals surface area contributed by atoms with Crippen LogP contribution >= 0.6 is 0 Å². The average Bonchev–Trinajstić information content (AvgIpc) is 2.41. The largest absolute Gasteiger partial charge is 0.366 e. The normalized spacial score (nSPS) is 24.5. The molecule has 2 rings (SSSR count). The molecule has 22 heavy (non-hydrogen) atoms. The highest BCUT2D eigenvalue weighted by Crippen LogP contribution is 2.30. The summed E-state index contributed by atoms with van der Waals surface area (Å²) < 4.78 is 0. The molecule has 0 amide bonds. The third-order valence-electron chi connectivity index (χ3n) is 4.69. The number of allylic oxidation sites excluding steroid dienone is 5. The molecule has 0 spiro atoms. The van der Waals surface area contributed by atoms with Crippen LogP contribution < -0.4 is 5.32 Å². The third-order valence-corrected chi connectivity index (χ3v) is 4.69. The Balaban J connectivity index is 2.10. The van der Waals surface area contributed by atoms with Crippen LogP contribution in [0.3, 0.4) is 0 Å². The van der Waals surface area contributed by atoms with Gasteiger partial charge < -0.3 is 5.32 Å². The predicted molar refractivity (Wildman–Crippen MR) is 96.4 cm³/mol. The first kappa shape index (κ1) is 16.8. The second-order valence-electron chi connectivity index (χ2n) is 6.59. The van der Waals surface area contributed by atoms with Gasteiger partial charge in [0.1, 0.15) is 0 Å². The highest BCUT2D eigenvalue weighted by molar-refractivity contribution is 5.32. The lowest BCUT2D eigenvalue weighted by Gasteiger charge is -2.41. The van der Waals surface area contributed by atoms with Crippen LogP contribution in [0.4, 0.5) is 0 Å². The van der Waals surface area contributed by atoms with Gasteiger partial charge in [-0.3, -0.25) is 4.90 Å². The molecule has 1 unspecified atom stereocenters. The molecule has 1 aliphatic carbocycles.